The Morgan fingerprint density at radius 3 is 2.87 bits per heavy atom. The van der Waals surface area contributed by atoms with E-state index in [-0.39, 0.29) is 12.0 Å². The predicted molar refractivity (Wildman–Crippen MR) is 51.4 cm³/mol. The predicted octanol–water partition coefficient (Wildman–Crippen LogP) is 1.08. The summed E-state index contributed by atoms with van der Waals surface area (Å²) in [5, 5.41) is 8.93. The summed E-state index contributed by atoms with van der Waals surface area (Å²) in [5.41, 5.74) is -0.419. The van der Waals surface area contributed by atoms with Crippen LogP contribution in [0.25, 0.3) is 0 Å². The normalized spacial score (nSPS) is 33.1. The third-order valence-corrected chi connectivity index (χ3v) is 3.36. The number of hydrogen-bond acceptors (Lipinski definition) is 3. The number of amides is 1. The highest BCUT2D eigenvalue weighted by atomic mass is 16.6. The Hall–Kier alpha value is -1.26. The summed E-state index contributed by atoms with van der Waals surface area (Å²) in [7, 11) is 0. The standard InChI is InChI=1S/C10H15NO4/c1-2-15-9(14)11-5-3-4-10(11)6-7(10)8(12)13/h7H,2-6H2,1H3,(H,12,13). The van der Waals surface area contributed by atoms with Gasteiger partial charge in [-0.05, 0) is 26.2 Å². The zero-order chi connectivity index (χ0) is 11.1. The second-order valence-corrected chi connectivity index (χ2v) is 4.15. The van der Waals surface area contributed by atoms with Gasteiger partial charge in [0.05, 0.1) is 18.1 Å². The van der Waals surface area contributed by atoms with Crippen LogP contribution in [0, 0.1) is 5.92 Å². The summed E-state index contributed by atoms with van der Waals surface area (Å²) in [4.78, 5) is 24.1. The molecule has 5 heteroatoms. The van der Waals surface area contributed by atoms with Crippen LogP contribution in [0.3, 0.4) is 0 Å². The van der Waals surface area contributed by atoms with E-state index in [9.17, 15) is 9.59 Å². The van der Waals surface area contributed by atoms with Gasteiger partial charge in [0.25, 0.3) is 0 Å². The number of nitrogens with zero attached hydrogens (tertiary/aromatic N) is 1. The molecular weight excluding hydrogens is 198 g/mol. The summed E-state index contributed by atoms with van der Waals surface area (Å²) in [6, 6.07) is 0. The van der Waals surface area contributed by atoms with E-state index in [2.05, 4.69) is 0 Å². The Morgan fingerprint density at radius 2 is 2.33 bits per heavy atom. The third-order valence-electron chi connectivity index (χ3n) is 3.36. The summed E-state index contributed by atoms with van der Waals surface area (Å²) < 4.78 is 4.92. The van der Waals surface area contributed by atoms with Crippen molar-refractivity contribution in [1.82, 2.24) is 4.90 Å². The van der Waals surface area contributed by atoms with Crippen LogP contribution in [0.2, 0.25) is 0 Å². The van der Waals surface area contributed by atoms with Crippen LogP contribution in [-0.4, -0.2) is 40.8 Å². The van der Waals surface area contributed by atoms with E-state index in [1.54, 1.807) is 11.8 Å². The second-order valence-electron chi connectivity index (χ2n) is 4.15. The van der Waals surface area contributed by atoms with Crippen molar-refractivity contribution in [2.45, 2.75) is 31.7 Å². The fourth-order valence-corrected chi connectivity index (χ4v) is 2.56. The lowest BCUT2D eigenvalue weighted by molar-refractivity contribution is -0.139. The number of rotatable bonds is 2. The number of aliphatic carboxylic acids is 1. The Labute approximate surface area is 88.0 Å². The van der Waals surface area contributed by atoms with Crippen LogP contribution < -0.4 is 0 Å². The molecule has 2 rings (SSSR count). The van der Waals surface area contributed by atoms with E-state index < -0.39 is 11.5 Å². The largest absolute Gasteiger partial charge is 0.481 e. The number of carboxylic acid groups (broad SMARTS) is 1. The minimum atomic E-state index is -0.800. The van der Waals surface area contributed by atoms with E-state index in [4.69, 9.17) is 9.84 Å². The van der Waals surface area contributed by atoms with Gasteiger partial charge in [0.2, 0.25) is 0 Å². The molecule has 2 aliphatic rings. The molecule has 1 amide bonds. The molecule has 1 N–H and O–H groups in total. The molecule has 0 radical (unpaired) electrons. The Kier molecular flexibility index (Phi) is 2.32. The number of ether oxygens (including phenoxy) is 1. The van der Waals surface area contributed by atoms with Gasteiger partial charge in [-0.25, -0.2) is 4.79 Å². The first kappa shape index (κ1) is 10.3. The molecule has 15 heavy (non-hydrogen) atoms. The van der Waals surface area contributed by atoms with Gasteiger partial charge >= 0.3 is 12.1 Å². The minimum Gasteiger partial charge on any atom is -0.481 e. The average Bonchev–Trinajstić information content (AvgIpc) is 2.71. The Morgan fingerprint density at radius 1 is 1.60 bits per heavy atom. The molecular formula is C10H15NO4. The van der Waals surface area contributed by atoms with E-state index in [1.165, 1.54) is 0 Å². The van der Waals surface area contributed by atoms with E-state index >= 15 is 0 Å². The van der Waals surface area contributed by atoms with Gasteiger partial charge in [-0.3, -0.25) is 4.79 Å². The molecule has 0 aromatic rings. The van der Waals surface area contributed by atoms with Crippen LogP contribution >= 0.6 is 0 Å². The second kappa shape index (κ2) is 3.40. The van der Waals surface area contributed by atoms with E-state index in [0.717, 1.165) is 12.8 Å². The van der Waals surface area contributed by atoms with Crippen molar-refractivity contribution in [3.8, 4) is 0 Å². The van der Waals surface area contributed by atoms with Gasteiger partial charge in [-0.2, -0.15) is 0 Å². The van der Waals surface area contributed by atoms with Crippen LogP contribution in [-0.2, 0) is 9.53 Å². The highest BCUT2D eigenvalue weighted by Crippen LogP contribution is 2.55. The van der Waals surface area contributed by atoms with Crippen molar-refractivity contribution >= 4 is 12.1 Å². The average molecular weight is 213 g/mol. The Balaban J connectivity index is 2.07. The topological polar surface area (TPSA) is 66.8 Å². The van der Waals surface area contributed by atoms with Gasteiger partial charge in [0.15, 0.2) is 0 Å². The van der Waals surface area contributed by atoms with E-state index in [1.807, 2.05) is 0 Å². The first-order valence-corrected chi connectivity index (χ1v) is 5.29. The van der Waals surface area contributed by atoms with Crippen molar-refractivity contribution in [1.29, 1.82) is 0 Å². The Bertz CT molecular complexity index is 304. The quantitative estimate of drug-likeness (QED) is 0.745. The van der Waals surface area contributed by atoms with Crippen LogP contribution in [0.1, 0.15) is 26.2 Å². The van der Waals surface area contributed by atoms with Gasteiger partial charge in [-0.1, -0.05) is 0 Å². The van der Waals surface area contributed by atoms with Crippen LogP contribution in [0.5, 0.6) is 0 Å². The summed E-state index contributed by atoms with van der Waals surface area (Å²) >= 11 is 0. The molecule has 1 aliphatic carbocycles. The number of carboxylic acids is 1. The molecule has 2 atom stereocenters. The minimum absolute atomic E-state index is 0.336. The molecule has 5 nitrogen and oxygen atoms in total. The van der Waals surface area contributed by atoms with Crippen molar-refractivity contribution in [2.24, 2.45) is 5.92 Å². The molecule has 0 aromatic heterocycles. The maximum absolute atomic E-state index is 11.6. The summed E-state index contributed by atoms with van der Waals surface area (Å²) in [6.07, 6.45) is 1.89. The lowest BCUT2D eigenvalue weighted by Crippen LogP contribution is -2.40. The molecule has 2 unspecified atom stereocenters. The fraction of sp³-hybridized carbons (Fsp3) is 0.800. The highest BCUT2D eigenvalue weighted by molar-refractivity contribution is 5.79. The maximum Gasteiger partial charge on any atom is 0.410 e. The molecule has 2 fully saturated rings. The first-order chi connectivity index (χ1) is 7.12. The number of likely N-dealkylation sites (tertiary alicyclic amines) is 1. The fourth-order valence-electron chi connectivity index (χ4n) is 2.56. The van der Waals surface area contributed by atoms with Crippen molar-refractivity contribution in [2.75, 3.05) is 13.2 Å². The lowest BCUT2D eigenvalue weighted by atomic mass is 10.1. The van der Waals surface area contributed by atoms with Crippen LogP contribution in [0.15, 0.2) is 0 Å². The van der Waals surface area contributed by atoms with Crippen molar-refractivity contribution in [3.63, 3.8) is 0 Å². The molecule has 1 saturated heterocycles. The van der Waals surface area contributed by atoms with Crippen LogP contribution in [0.4, 0.5) is 4.79 Å². The SMILES string of the molecule is CCOC(=O)N1CCCC12CC2C(=O)O. The smallest absolute Gasteiger partial charge is 0.410 e. The molecule has 1 heterocycles. The zero-order valence-corrected chi connectivity index (χ0v) is 8.73. The molecule has 1 saturated carbocycles. The number of carbonyl (C=O) groups is 2. The van der Waals surface area contributed by atoms with Crippen molar-refractivity contribution < 1.29 is 19.4 Å². The summed E-state index contributed by atoms with van der Waals surface area (Å²) in [5.74, 6) is -1.18. The number of carbonyl (C=O) groups excluding carboxylic acids is 1. The zero-order valence-electron chi connectivity index (χ0n) is 8.73. The van der Waals surface area contributed by atoms with Crippen molar-refractivity contribution in [3.05, 3.63) is 0 Å². The van der Waals surface area contributed by atoms with Gasteiger partial charge in [0.1, 0.15) is 0 Å². The molecule has 1 spiro atoms. The third kappa shape index (κ3) is 1.46. The van der Waals surface area contributed by atoms with E-state index in [0.29, 0.717) is 19.6 Å². The molecule has 0 aromatic carbocycles. The monoisotopic (exact) mass is 213 g/mol. The molecule has 84 valence electrons. The maximum atomic E-state index is 11.6. The van der Waals surface area contributed by atoms with Gasteiger partial charge in [0, 0.05) is 6.54 Å². The van der Waals surface area contributed by atoms with Gasteiger partial charge < -0.3 is 14.7 Å². The van der Waals surface area contributed by atoms with Gasteiger partial charge in [-0.15, -0.1) is 0 Å². The lowest BCUT2D eigenvalue weighted by Gasteiger charge is -2.23. The highest BCUT2D eigenvalue weighted by Gasteiger charge is 2.65. The first-order valence-electron chi connectivity index (χ1n) is 5.29. The summed E-state index contributed by atoms with van der Waals surface area (Å²) in [6.45, 7) is 2.72. The number of hydrogen-bond donors (Lipinski definition) is 1. The molecule has 0 bridgehead atoms. The molecule has 1 aliphatic heterocycles.